The molecule has 16 heavy (non-hydrogen) atoms. The zero-order valence-electron chi connectivity index (χ0n) is 10.9. The second-order valence-electron chi connectivity index (χ2n) is 5.59. The maximum atomic E-state index is 5.65. The zero-order valence-corrected chi connectivity index (χ0v) is 10.9. The summed E-state index contributed by atoms with van der Waals surface area (Å²) in [7, 11) is 0. The highest BCUT2D eigenvalue weighted by Gasteiger charge is 2.31. The highest BCUT2D eigenvalue weighted by Crippen LogP contribution is 2.33. The smallest absolute Gasteiger partial charge is 0.0588 e. The van der Waals surface area contributed by atoms with Crippen molar-refractivity contribution in [3.05, 3.63) is 0 Å². The molecule has 0 amide bonds. The van der Waals surface area contributed by atoms with E-state index in [0.717, 1.165) is 31.0 Å². The van der Waals surface area contributed by atoms with Crippen molar-refractivity contribution in [2.75, 3.05) is 13.2 Å². The molecule has 1 heterocycles. The SMILES string of the molecule is CCC1CCC(NCCC2CCCO2)C1C. The normalized spacial score (nSPS) is 39.4. The van der Waals surface area contributed by atoms with E-state index >= 15 is 0 Å². The van der Waals surface area contributed by atoms with Crippen LogP contribution in [0.3, 0.4) is 0 Å². The van der Waals surface area contributed by atoms with Crippen LogP contribution >= 0.6 is 0 Å². The summed E-state index contributed by atoms with van der Waals surface area (Å²) in [5.41, 5.74) is 0. The van der Waals surface area contributed by atoms with Gasteiger partial charge < -0.3 is 10.1 Å². The van der Waals surface area contributed by atoms with E-state index in [9.17, 15) is 0 Å². The molecule has 2 fully saturated rings. The van der Waals surface area contributed by atoms with Gasteiger partial charge in [0, 0.05) is 12.6 Å². The molecule has 1 aliphatic heterocycles. The van der Waals surface area contributed by atoms with Crippen LogP contribution < -0.4 is 5.32 Å². The van der Waals surface area contributed by atoms with Crippen molar-refractivity contribution in [1.29, 1.82) is 0 Å². The van der Waals surface area contributed by atoms with Gasteiger partial charge in [0.25, 0.3) is 0 Å². The minimum atomic E-state index is 0.547. The second-order valence-corrected chi connectivity index (χ2v) is 5.59. The van der Waals surface area contributed by atoms with Crippen molar-refractivity contribution in [3.63, 3.8) is 0 Å². The van der Waals surface area contributed by atoms with Crippen LogP contribution in [0.5, 0.6) is 0 Å². The van der Waals surface area contributed by atoms with Gasteiger partial charge in [-0.25, -0.2) is 0 Å². The van der Waals surface area contributed by atoms with Crippen LogP contribution in [-0.4, -0.2) is 25.3 Å². The number of rotatable bonds is 5. The number of nitrogens with one attached hydrogen (secondary N) is 1. The Labute approximate surface area is 100 Å². The van der Waals surface area contributed by atoms with Crippen LogP contribution in [-0.2, 0) is 4.74 Å². The minimum absolute atomic E-state index is 0.547. The molecule has 4 atom stereocenters. The largest absolute Gasteiger partial charge is 0.378 e. The summed E-state index contributed by atoms with van der Waals surface area (Å²) in [6, 6.07) is 0.770. The standard InChI is InChI=1S/C14H27NO/c1-3-12-6-7-14(11(12)2)15-9-8-13-5-4-10-16-13/h11-15H,3-10H2,1-2H3. The van der Waals surface area contributed by atoms with E-state index in [2.05, 4.69) is 19.2 Å². The summed E-state index contributed by atoms with van der Waals surface area (Å²) in [6.07, 6.45) is 8.46. The average Bonchev–Trinajstić information content (AvgIpc) is 2.90. The predicted octanol–water partition coefficient (Wildman–Crippen LogP) is 2.97. The maximum absolute atomic E-state index is 5.65. The van der Waals surface area contributed by atoms with E-state index in [1.807, 2.05) is 0 Å². The molecule has 1 saturated carbocycles. The fourth-order valence-corrected chi connectivity index (χ4v) is 3.41. The van der Waals surface area contributed by atoms with Gasteiger partial charge in [-0.05, 0) is 50.5 Å². The third-order valence-corrected chi connectivity index (χ3v) is 4.65. The summed E-state index contributed by atoms with van der Waals surface area (Å²) >= 11 is 0. The van der Waals surface area contributed by atoms with Crippen LogP contribution in [0.2, 0.25) is 0 Å². The molecule has 0 spiro atoms. The van der Waals surface area contributed by atoms with E-state index < -0.39 is 0 Å². The van der Waals surface area contributed by atoms with Gasteiger partial charge in [-0.15, -0.1) is 0 Å². The van der Waals surface area contributed by atoms with E-state index in [1.54, 1.807) is 0 Å². The topological polar surface area (TPSA) is 21.3 Å². The fraction of sp³-hybridized carbons (Fsp3) is 1.00. The Morgan fingerprint density at radius 1 is 1.25 bits per heavy atom. The fourth-order valence-electron chi connectivity index (χ4n) is 3.41. The van der Waals surface area contributed by atoms with Gasteiger partial charge in [-0.3, -0.25) is 0 Å². The Kier molecular flexibility index (Phi) is 4.66. The molecule has 1 saturated heterocycles. The zero-order chi connectivity index (χ0) is 11.4. The summed E-state index contributed by atoms with van der Waals surface area (Å²) in [6.45, 7) is 6.89. The van der Waals surface area contributed by atoms with E-state index in [0.29, 0.717) is 6.10 Å². The first kappa shape index (κ1) is 12.4. The molecule has 2 rings (SSSR count). The van der Waals surface area contributed by atoms with Crippen LogP contribution in [0.25, 0.3) is 0 Å². The summed E-state index contributed by atoms with van der Waals surface area (Å²) < 4.78 is 5.65. The quantitative estimate of drug-likeness (QED) is 0.776. The van der Waals surface area contributed by atoms with Crippen molar-refractivity contribution in [1.82, 2.24) is 5.32 Å². The van der Waals surface area contributed by atoms with Crippen molar-refractivity contribution < 1.29 is 4.74 Å². The van der Waals surface area contributed by atoms with Crippen molar-refractivity contribution in [2.24, 2.45) is 11.8 Å². The number of ether oxygens (including phenoxy) is 1. The van der Waals surface area contributed by atoms with Gasteiger partial charge in [-0.2, -0.15) is 0 Å². The minimum Gasteiger partial charge on any atom is -0.378 e. The van der Waals surface area contributed by atoms with E-state index in [-0.39, 0.29) is 0 Å². The summed E-state index contributed by atoms with van der Waals surface area (Å²) in [5.74, 6) is 1.83. The Morgan fingerprint density at radius 3 is 2.75 bits per heavy atom. The first-order chi connectivity index (χ1) is 7.81. The van der Waals surface area contributed by atoms with Crippen LogP contribution in [0.4, 0.5) is 0 Å². The Bertz CT molecular complexity index is 201. The third kappa shape index (κ3) is 2.98. The van der Waals surface area contributed by atoms with Crippen LogP contribution in [0.15, 0.2) is 0 Å². The molecule has 1 N–H and O–H groups in total. The second kappa shape index (κ2) is 6.02. The lowest BCUT2D eigenvalue weighted by atomic mass is 9.93. The molecule has 2 aliphatic rings. The summed E-state index contributed by atoms with van der Waals surface area (Å²) in [5, 5.41) is 3.74. The van der Waals surface area contributed by atoms with Gasteiger partial charge in [0.2, 0.25) is 0 Å². The molecule has 2 heteroatoms. The number of hydrogen-bond acceptors (Lipinski definition) is 2. The highest BCUT2D eigenvalue weighted by atomic mass is 16.5. The monoisotopic (exact) mass is 225 g/mol. The first-order valence-electron chi connectivity index (χ1n) is 7.16. The van der Waals surface area contributed by atoms with Gasteiger partial charge in [0.1, 0.15) is 0 Å². The molecule has 94 valence electrons. The van der Waals surface area contributed by atoms with Crippen LogP contribution in [0.1, 0.15) is 52.4 Å². The molecule has 0 aromatic heterocycles. The van der Waals surface area contributed by atoms with E-state index in [1.165, 1.54) is 38.5 Å². The van der Waals surface area contributed by atoms with Gasteiger partial charge >= 0.3 is 0 Å². The molecular weight excluding hydrogens is 198 g/mol. The molecule has 0 aromatic carbocycles. The Morgan fingerprint density at radius 2 is 2.12 bits per heavy atom. The summed E-state index contributed by atoms with van der Waals surface area (Å²) in [4.78, 5) is 0. The van der Waals surface area contributed by atoms with Crippen molar-refractivity contribution in [2.45, 2.75) is 64.5 Å². The highest BCUT2D eigenvalue weighted by molar-refractivity contribution is 4.86. The molecule has 0 aromatic rings. The van der Waals surface area contributed by atoms with Gasteiger partial charge in [-0.1, -0.05) is 20.3 Å². The number of hydrogen-bond donors (Lipinski definition) is 1. The predicted molar refractivity (Wildman–Crippen MR) is 67.6 cm³/mol. The average molecular weight is 225 g/mol. The Hall–Kier alpha value is -0.0800. The third-order valence-electron chi connectivity index (χ3n) is 4.65. The lowest BCUT2D eigenvalue weighted by Crippen LogP contribution is -2.34. The molecule has 1 aliphatic carbocycles. The van der Waals surface area contributed by atoms with Crippen molar-refractivity contribution >= 4 is 0 Å². The lowest BCUT2D eigenvalue weighted by molar-refractivity contribution is 0.103. The molecule has 4 unspecified atom stereocenters. The molecule has 2 nitrogen and oxygen atoms in total. The molecule has 0 bridgehead atoms. The van der Waals surface area contributed by atoms with Gasteiger partial charge in [0.15, 0.2) is 0 Å². The molecular formula is C14H27NO. The van der Waals surface area contributed by atoms with E-state index in [4.69, 9.17) is 4.74 Å². The first-order valence-corrected chi connectivity index (χ1v) is 7.16. The van der Waals surface area contributed by atoms with Crippen LogP contribution in [0, 0.1) is 11.8 Å². The lowest BCUT2D eigenvalue weighted by Gasteiger charge is -2.21. The van der Waals surface area contributed by atoms with Gasteiger partial charge in [0.05, 0.1) is 6.10 Å². The van der Waals surface area contributed by atoms with Crippen molar-refractivity contribution in [3.8, 4) is 0 Å². The Balaban J connectivity index is 1.62. The maximum Gasteiger partial charge on any atom is 0.0588 e. The molecule has 0 radical (unpaired) electrons.